The van der Waals surface area contributed by atoms with Gasteiger partial charge in [-0.25, -0.2) is 4.79 Å². The lowest BCUT2D eigenvalue weighted by Gasteiger charge is -1.99. The highest BCUT2D eigenvalue weighted by molar-refractivity contribution is 5.72. The zero-order valence-corrected chi connectivity index (χ0v) is 3.90. The van der Waals surface area contributed by atoms with Gasteiger partial charge in [-0.3, -0.25) is 10.5 Å². The Hall–Kier alpha value is -1.10. The maximum atomic E-state index is 9.68. The predicted octanol–water partition coefficient (Wildman–Crippen LogP) is -1.47. The smallest absolute Gasteiger partial charge is 0.360 e. The number of carboxylic acid groups (broad SMARTS) is 1. The Kier molecular flexibility index (Phi) is 2.57. The van der Waals surface area contributed by atoms with Crippen molar-refractivity contribution in [2.45, 2.75) is 6.23 Å². The second kappa shape index (κ2) is 2.98. The van der Waals surface area contributed by atoms with Crippen molar-refractivity contribution in [1.82, 2.24) is 0 Å². The summed E-state index contributed by atoms with van der Waals surface area (Å²) >= 11 is 0. The number of ether oxygens (including phenoxy) is 1. The number of aliphatic carboxylic acids is 1. The van der Waals surface area contributed by atoms with Crippen molar-refractivity contribution in [3.8, 4) is 0 Å². The van der Waals surface area contributed by atoms with Crippen LogP contribution in [0.3, 0.4) is 0 Å². The molecule has 1 unspecified atom stereocenters. The van der Waals surface area contributed by atoms with E-state index in [4.69, 9.17) is 5.11 Å². The molecule has 0 spiro atoms. The predicted molar refractivity (Wildman–Crippen MR) is 22.8 cm³/mol. The summed E-state index contributed by atoms with van der Waals surface area (Å²) in [5.41, 5.74) is 4.67. The third-order valence-corrected chi connectivity index (χ3v) is 0.446. The molecule has 0 bridgehead atoms. The third kappa shape index (κ3) is 2.14. The van der Waals surface area contributed by atoms with Crippen LogP contribution in [-0.4, -0.2) is 23.8 Å². The molecule has 0 heterocycles. The molecular weight excluding hydrogens is 114 g/mol. The fourth-order valence-corrected chi connectivity index (χ4v) is 0.118. The van der Waals surface area contributed by atoms with Crippen LogP contribution in [0.25, 0.3) is 0 Å². The zero-order valence-electron chi connectivity index (χ0n) is 3.90. The molecule has 0 fully saturated rings. The minimum Gasteiger partial charge on any atom is -0.477 e. The quantitative estimate of drug-likeness (QED) is 0.349. The van der Waals surface area contributed by atoms with Gasteiger partial charge in [-0.05, 0) is 0 Å². The SMILES string of the molecule is NC(OC=O)C(=O)O. The van der Waals surface area contributed by atoms with E-state index < -0.39 is 12.2 Å². The second-order valence-corrected chi connectivity index (χ2v) is 0.991. The highest BCUT2D eigenvalue weighted by Gasteiger charge is 2.09. The molecule has 0 aliphatic rings. The summed E-state index contributed by atoms with van der Waals surface area (Å²) in [6, 6.07) is 0. The molecule has 0 saturated heterocycles. The van der Waals surface area contributed by atoms with E-state index in [-0.39, 0.29) is 6.47 Å². The van der Waals surface area contributed by atoms with Crippen LogP contribution in [-0.2, 0) is 14.3 Å². The topological polar surface area (TPSA) is 89.6 Å². The second-order valence-electron chi connectivity index (χ2n) is 0.991. The first-order chi connectivity index (χ1) is 3.68. The molecule has 0 rings (SSSR count). The Labute approximate surface area is 45.0 Å². The highest BCUT2D eigenvalue weighted by atomic mass is 16.6. The van der Waals surface area contributed by atoms with E-state index in [1.165, 1.54) is 0 Å². The molecule has 5 nitrogen and oxygen atoms in total. The first kappa shape index (κ1) is 6.90. The lowest BCUT2D eigenvalue weighted by Crippen LogP contribution is -2.32. The van der Waals surface area contributed by atoms with Crippen LogP contribution < -0.4 is 5.73 Å². The van der Waals surface area contributed by atoms with Crippen molar-refractivity contribution < 1.29 is 19.4 Å². The minimum absolute atomic E-state index is 0.0151. The van der Waals surface area contributed by atoms with Crippen molar-refractivity contribution in [2.24, 2.45) is 5.73 Å². The number of hydrogen-bond acceptors (Lipinski definition) is 4. The summed E-state index contributed by atoms with van der Waals surface area (Å²) in [5.74, 6) is -1.36. The van der Waals surface area contributed by atoms with Gasteiger partial charge < -0.3 is 9.84 Å². The lowest BCUT2D eigenvalue weighted by molar-refractivity contribution is -0.155. The molecule has 46 valence electrons. The van der Waals surface area contributed by atoms with Gasteiger partial charge in [0.1, 0.15) is 0 Å². The van der Waals surface area contributed by atoms with Crippen LogP contribution >= 0.6 is 0 Å². The molecule has 0 aromatic carbocycles. The Bertz CT molecular complexity index is 101. The maximum Gasteiger partial charge on any atom is 0.360 e. The molecule has 8 heavy (non-hydrogen) atoms. The Morgan fingerprint density at radius 3 is 2.50 bits per heavy atom. The molecule has 0 aromatic heterocycles. The summed E-state index contributed by atoms with van der Waals surface area (Å²) in [6.07, 6.45) is -1.53. The van der Waals surface area contributed by atoms with E-state index in [2.05, 4.69) is 10.5 Å². The first-order valence-electron chi connectivity index (χ1n) is 1.76. The number of hydrogen-bond donors (Lipinski definition) is 2. The Balaban J connectivity index is 3.46. The maximum absolute atomic E-state index is 9.68. The lowest BCUT2D eigenvalue weighted by atomic mass is 10.6. The van der Waals surface area contributed by atoms with Crippen LogP contribution in [0, 0.1) is 0 Å². The van der Waals surface area contributed by atoms with Crippen LogP contribution in [0.5, 0.6) is 0 Å². The molecule has 0 aromatic rings. The van der Waals surface area contributed by atoms with Gasteiger partial charge in [0.05, 0.1) is 0 Å². The van der Waals surface area contributed by atoms with E-state index in [1.54, 1.807) is 0 Å². The van der Waals surface area contributed by atoms with Crippen LogP contribution in [0.4, 0.5) is 0 Å². The molecular formula is C3H5NO4. The highest BCUT2D eigenvalue weighted by Crippen LogP contribution is 1.75. The van der Waals surface area contributed by atoms with Crippen molar-refractivity contribution in [2.75, 3.05) is 0 Å². The monoisotopic (exact) mass is 119 g/mol. The summed E-state index contributed by atoms with van der Waals surface area (Å²) < 4.78 is 3.80. The number of carboxylic acids is 1. The average molecular weight is 119 g/mol. The number of carbonyl (C=O) groups is 2. The van der Waals surface area contributed by atoms with Gasteiger partial charge in [0.15, 0.2) is 0 Å². The molecule has 0 aliphatic heterocycles. The fourth-order valence-electron chi connectivity index (χ4n) is 0.118. The summed E-state index contributed by atoms with van der Waals surface area (Å²) in [7, 11) is 0. The van der Waals surface area contributed by atoms with Gasteiger partial charge in [0, 0.05) is 0 Å². The average Bonchev–Trinajstić information content (AvgIpc) is 1.67. The van der Waals surface area contributed by atoms with Crippen LogP contribution in [0.1, 0.15) is 0 Å². The minimum atomic E-state index is -1.53. The van der Waals surface area contributed by atoms with Gasteiger partial charge in [0.25, 0.3) is 6.47 Å². The van der Waals surface area contributed by atoms with Crippen LogP contribution in [0.2, 0.25) is 0 Å². The fraction of sp³-hybridized carbons (Fsp3) is 0.333. The van der Waals surface area contributed by atoms with Gasteiger partial charge in [-0.2, -0.15) is 0 Å². The largest absolute Gasteiger partial charge is 0.477 e. The molecule has 0 aliphatic carbocycles. The first-order valence-corrected chi connectivity index (χ1v) is 1.76. The third-order valence-electron chi connectivity index (χ3n) is 0.446. The van der Waals surface area contributed by atoms with Gasteiger partial charge in [-0.15, -0.1) is 0 Å². The van der Waals surface area contributed by atoms with E-state index in [0.717, 1.165) is 0 Å². The van der Waals surface area contributed by atoms with E-state index in [1.807, 2.05) is 0 Å². The van der Waals surface area contributed by atoms with E-state index in [0.29, 0.717) is 0 Å². The van der Waals surface area contributed by atoms with E-state index in [9.17, 15) is 9.59 Å². The van der Waals surface area contributed by atoms with Crippen LogP contribution in [0.15, 0.2) is 0 Å². The molecule has 3 N–H and O–H groups in total. The van der Waals surface area contributed by atoms with Gasteiger partial charge in [0.2, 0.25) is 6.23 Å². The van der Waals surface area contributed by atoms with Crippen molar-refractivity contribution >= 4 is 12.4 Å². The van der Waals surface area contributed by atoms with Crippen molar-refractivity contribution in [1.29, 1.82) is 0 Å². The zero-order chi connectivity index (χ0) is 6.57. The molecule has 1 atom stereocenters. The Morgan fingerprint density at radius 1 is 1.88 bits per heavy atom. The molecule has 0 saturated carbocycles. The summed E-state index contributed by atoms with van der Waals surface area (Å²) in [5, 5.41) is 7.90. The van der Waals surface area contributed by atoms with Gasteiger partial charge >= 0.3 is 5.97 Å². The van der Waals surface area contributed by atoms with E-state index >= 15 is 0 Å². The Morgan fingerprint density at radius 2 is 2.38 bits per heavy atom. The standard InChI is InChI=1S/C3H5NO4/c4-2(3(6)7)8-1-5/h1-2H,4H2,(H,6,7). The van der Waals surface area contributed by atoms with Crippen molar-refractivity contribution in [3.63, 3.8) is 0 Å². The van der Waals surface area contributed by atoms with Gasteiger partial charge in [-0.1, -0.05) is 0 Å². The normalized spacial score (nSPS) is 12.1. The summed E-state index contributed by atoms with van der Waals surface area (Å²) in [6.45, 7) is -0.0151. The number of carbonyl (C=O) groups excluding carboxylic acids is 1. The molecule has 5 heteroatoms. The molecule has 0 radical (unpaired) electrons. The molecule has 0 amide bonds. The van der Waals surface area contributed by atoms with Crippen molar-refractivity contribution in [3.05, 3.63) is 0 Å². The number of rotatable bonds is 3. The number of nitrogens with two attached hydrogens (primary N) is 1. The summed E-state index contributed by atoms with van der Waals surface area (Å²) in [4.78, 5) is 19.0.